The Kier molecular flexibility index (Phi) is 3.89. The zero-order valence-corrected chi connectivity index (χ0v) is 10.1. The summed E-state index contributed by atoms with van der Waals surface area (Å²) in [6.07, 6.45) is 0.737. The minimum absolute atomic E-state index is 0.296. The molecule has 3 heteroatoms. The van der Waals surface area contributed by atoms with E-state index in [1.165, 1.54) is 0 Å². The molecule has 0 atom stereocenters. The summed E-state index contributed by atoms with van der Waals surface area (Å²) in [6.45, 7) is 0.762. The highest BCUT2D eigenvalue weighted by Crippen LogP contribution is 2.21. The van der Waals surface area contributed by atoms with Crippen molar-refractivity contribution in [3.63, 3.8) is 0 Å². The van der Waals surface area contributed by atoms with Crippen LogP contribution in [0.1, 0.15) is 5.56 Å². The molecule has 0 bridgehead atoms. The standard InChI is InChI=1S/C14H14ClNO/c15-12-6-7-14(17)11(10-12)8-9-16-13-4-2-1-3-5-13/h1-7,10,16-17H,8-9H2. The van der Waals surface area contributed by atoms with Crippen molar-refractivity contribution in [2.24, 2.45) is 0 Å². The third-order valence-corrected chi connectivity index (χ3v) is 2.77. The van der Waals surface area contributed by atoms with Crippen LogP contribution in [-0.4, -0.2) is 11.7 Å². The van der Waals surface area contributed by atoms with Gasteiger partial charge in [-0.2, -0.15) is 0 Å². The van der Waals surface area contributed by atoms with Gasteiger partial charge in [0.15, 0.2) is 0 Å². The first-order chi connectivity index (χ1) is 8.25. The number of nitrogens with one attached hydrogen (secondary N) is 1. The molecule has 2 rings (SSSR count). The fraction of sp³-hybridized carbons (Fsp3) is 0.143. The van der Waals surface area contributed by atoms with Crippen molar-refractivity contribution in [1.82, 2.24) is 0 Å². The zero-order valence-electron chi connectivity index (χ0n) is 9.36. The third kappa shape index (κ3) is 3.40. The predicted octanol–water partition coefficient (Wildman–Crippen LogP) is 3.70. The van der Waals surface area contributed by atoms with E-state index in [-0.39, 0.29) is 0 Å². The summed E-state index contributed by atoms with van der Waals surface area (Å²) < 4.78 is 0. The van der Waals surface area contributed by atoms with Gasteiger partial charge in [0, 0.05) is 17.3 Å². The lowest BCUT2D eigenvalue weighted by molar-refractivity contribution is 0.468. The molecule has 0 aromatic heterocycles. The number of aromatic hydroxyl groups is 1. The number of benzene rings is 2. The van der Waals surface area contributed by atoms with Crippen LogP contribution in [0.5, 0.6) is 5.75 Å². The van der Waals surface area contributed by atoms with Gasteiger partial charge in [0.25, 0.3) is 0 Å². The maximum atomic E-state index is 9.65. The van der Waals surface area contributed by atoms with Crippen molar-refractivity contribution in [2.75, 3.05) is 11.9 Å². The molecule has 0 spiro atoms. The van der Waals surface area contributed by atoms with Gasteiger partial charge in [-0.1, -0.05) is 29.8 Å². The van der Waals surface area contributed by atoms with Crippen molar-refractivity contribution >= 4 is 17.3 Å². The van der Waals surface area contributed by atoms with E-state index in [0.717, 1.165) is 24.2 Å². The number of hydrogen-bond donors (Lipinski definition) is 2. The monoisotopic (exact) mass is 247 g/mol. The minimum Gasteiger partial charge on any atom is -0.508 e. The van der Waals surface area contributed by atoms with Gasteiger partial charge in [-0.15, -0.1) is 0 Å². The average Bonchev–Trinajstić information content (AvgIpc) is 2.35. The lowest BCUT2D eigenvalue weighted by Crippen LogP contribution is -2.04. The summed E-state index contributed by atoms with van der Waals surface area (Å²) in [5.41, 5.74) is 1.94. The molecule has 2 aromatic rings. The van der Waals surface area contributed by atoms with Crippen LogP contribution >= 0.6 is 11.6 Å². The molecule has 0 heterocycles. The van der Waals surface area contributed by atoms with Crippen LogP contribution in [0, 0.1) is 0 Å². The van der Waals surface area contributed by atoms with E-state index < -0.39 is 0 Å². The van der Waals surface area contributed by atoms with Crippen molar-refractivity contribution in [2.45, 2.75) is 6.42 Å². The number of hydrogen-bond acceptors (Lipinski definition) is 2. The SMILES string of the molecule is Oc1ccc(Cl)cc1CCNc1ccccc1. The molecule has 2 aromatic carbocycles. The largest absolute Gasteiger partial charge is 0.508 e. The molecule has 0 aliphatic rings. The van der Waals surface area contributed by atoms with Crippen LogP contribution < -0.4 is 5.32 Å². The van der Waals surface area contributed by atoms with Gasteiger partial charge < -0.3 is 10.4 Å². The number of phenolic OH excluding ortho intramolecular Hbond substituents is 1. The second kappa shape index (κ2) is 5.60. The molecule has 2 N–H and O–H groups in total. The van der Waals surface area contributed by atoms with Crippen LogP contribution in [0.15, 0.2) is 48.5 Å². The Morgan fingerprint density at radius 1 is 1.06 bits per heavy atom. The maximum absolute atomic E-state index is 9.65. The molecule has 88 valence electrons. The first-order valence-electron chi connectivity index (χ1n) is 5.52. The van der Waals surface area contributed by atoms with E-state index in [1.807, 2.05) is 30.3 Å². The summed E-state index contributed by atoms with van der Waals surface area (Å²) in [5, 5.41) is 13.6. The number of phenols is 1. The third-order valence-electron chi connectivity index (χ3n) is 2.54. The Morgan fingerprint density at radius 2 is 1.82 bits per heavy atom. The molecule has 0 unspecified atom stereocenters. The van der Waals surface area contributed by atoms with E-state index in [4.69, 9.17) is 11.6 Å². The van der Waals surface area contributed by atoms with Gasteiger partial charge in [0.1, 0.15) is 5.75 Å². The lowest BCUT2D eigenvalue weighted by Gasteiger charge is -2.07. The topological polar surface area (TPSA) is 32.3 Å². The van der Waals surface area contributed by atoms with Gasteiger partial charge in [-0.05, 0) is 42.3 Å². The van der Waals surface area contributed by atoms with Gasteiger partial charge >= 0.3 is 0 Å². The predicted molar refractivity (Wildman–Crippen MR) is 71.8 cm³/mol. The highest BCUT2D eigenvalue weighted by Gasteiger charge is 2.01. The molecule has 0 aliphatic heterocycles. The molecule has 0 radical (unpaired) electrons. The molecule has 0 aliphatic carbocycles. The second-order valence-electron chi connectivity index (χ2n) is 3.82. The first-order valence-corrected chi connectivity index (χ1v) is 5.90. The minimum atomic E-state index is 0.296. The Bertz CT molecular complexity index is 485. The van der Waals surface area contributed by atoms with Crippen LogP contribution in [0.2, 0.25) is 5.02 Å². The summed E-state index contributed by atoms with van der Waals surface area (Å²) in [5.74, 6) is 0.296. The van der Waals surface area contributed by atoms with Gasteiger partial charge in [-0.3, -0.25) is 0 Å². The molecule has 0 fully saturated rings. The van der Waals surface area contributed by atoms with Crippen molar-refractivity contribution < 1.29 is 5.11 Å². The molecular formula is C14H14ClNO. The maximum Gasteiger partial charge on any atom is 0.118 e. The molecule has 0 amide bonds. The molecular weight excluding hydrogens is 234 g/mol. The highest BCUT2D eigenvalue weighted by atomic mass is 35.5. The molecule has 0 saturated carbocycles. The quantitative estimate of drug-likeness (QED) is 0.864. The average molecular weight is 248 g/mol. The number of para-hydroxylation sites is 1. The van der Waals surface area contributed by atoms with E-state index >= 15 is 0 Å². The van der Waals surface area contributed by atoms with Crippen LogP contribution in [0.25, 0.3) is 0 Å². The Balaban J connectivity index is 1.92. The number of anilines is 1. The normalized spacial score (nSPS) is 10.2. The Hall–Kier alpha value is -1.67. The van der Waals surface area contributed by atoms with Crippen LogP contribution in [0.3, 0.4) is 0 Å². The van der Waals surface area contributed by atoms with E-state index in [9.17, 15) is 5.11 Å². The van der Waals surface area contributed by atoms with Crippen LogP contribution in [0.4, 0.5) is 5.69 Å². The number of halogens is 1. The molecule has 17 heavy (non-hydrogen) atoms. The van der Waals surface area contributed by atoms with Gasteiger partial charge in [-0.25, -0.2) is 0 Å². The lowest BCUT2D eigenvalue weighted by atomic mass is 10.1. The molecule has 2 nitrogen and oxygen atoms in total. The van der Waals surface area contributed by atoms with Crippen LogP contribution in [-0.2, 0) is 6.42 Å². The first kappa shape index (κ1) is 11.8. The van der Waals surface area contributed by atoms with E-state index in [0.29, 0.717) is 10.8 Å². The van der Waals surface area contributed by atoms with Gasteiger partial charge in [0.2, 0.25) is 0 Å². The summed E-state index contributed by atoms with van der Waals surface area (Å²) in [6, 6.07) is 15.1. The van der Waals surface area contributed by atoms with Crippen molar-refractivity contribution in [3.05, 3.63) is 59.1 Å². The molecule has 0 saturated heterocycles. The second-order valence-corrected chi connectivity index (χ2v) is 4.25. The summed E-state index contributed by atoms with van der Waals surface area (Å²) in [7, 11) is 0. The Labute approximate surface area is 106 Å². The zero-order chi connectivity index (χ0) is 12.1. The highest BCUT2D eigenvalue weighted by molar-refractivity contribution is 6.30. The Morgan fingerprint density at radius 3 is 2.59 bits per heavy atom. The smallest absolute Gasteiger partial charge is 0.118 e. The summed E-state index contributed by atoms with van der Waals surface area (Å²) >= 11 is 5.88. The van der Waals surface area contributed by atoms with Gasteiger partial charge in [0.05, 0.1) is 0 Å². The van der Waals surface area contributed by atoms with Crippen molar-refractivity contribution in [3.8, 4) is 5.75 Å². The van der Waals surface area contributed by atoms with E-state index in [2.05, 4.69) is 5.32 Å². The summed E-state index contributed by atoms with van der Waals surface area (Å²) in [4.78, 5) is 0. The fourth-order valence-electron chi connectivity index (χ4n) is 1.65. The van der Waals surface area contributed by atoms with E-state index in [1.54, 1.807) is 18.2 Å². The number of rotatable bonds is 4. The fourth-order valence-corrected chi connectivity index (χ4v) is 1.85. The van der Waals surface area contributed by atoms with Crippen molar-refractivity contribution in [1.29, 1.82) is 0 Å².